The standard InChI is InChI=1S/C22H20N2O7S/c1-24-20(27)18(11-13-4-9-16(17(10-13)29-2)31-12-19(25)26)32-22(24)23-15-7-5-14(6-8-15)21(28)30-3/h4-11H,12H2,1-3H3,(H,25,26). The van der Waals surface area contributed by atoms with Crippen molar-refractivity contribution >= 4 is 46.5 Å². The topological polar surface area (TPSA) is 115 Å². The molecule has 0 atom stereocenters. The van der Waals surface area contributed by atoms with Crippen molar-refractivity contribution in [3.05, 3.63) is 58.5 Å². The van der Waals surface area contributed by atoms with E-state index in [1.54, 1.807) is 55.6 Å². The average molecular weight is 456 g/mol. The van der Waals surface area contributed by atoms with Crippen LogP contribution >= 0.6 is 11.8 Å². The molecule has 0 bridgehead atoms. The molecule has 3 rings (SSSR count). The van der Waals surface area contributed by atoms with Gasteiger partial charge in [0.2, 0.25) is 0 Å². The van der Waals surface area contributed by atoms with E-state index in [-0.39, 0.29) is 11.7 Å². The highest BCUT2D eigenvalue weighted by molar-refractivity contribution is 8.18. The van der Waals surface area contributed by atoms with Gasteiger partial charge in [0.1, 0.15) is 0 Å². The number of rotatable bonds is 7. The average Bonchev–Trinajstić information content (AvgIpc) is 3.05. The van der Waals surface area contributed by atoms with Crippen LogP contribution in [0.4, 0.5) is 5.69 Å². The molecule has 32 heavy (non-hydrogen) atoms. The number of thioether (sulfide) groups is 1. The number of amidine groups is 1. The number of amides is 1. The minimum Gasteiger partial charge on any atom is -0.493 e. The van der Waals surface area contributed by atoms with Crippen molar-refractivity contribution in [3.8, 4) is 11.5 Å². The van der Waals surface area contributed by atoms with Gasteiger partial charge in [-0.2, -0.15) is 0 Å². The number of aliphatic carboxylic acids is 1. The zero-order valence-corrected chi connectivity index (χ0v) is 18.3. The molecule has 0 saturated carbocycles. The fourth-order valence-corrected chi connectivity index (χ4v) is 3.72. The molecule has 0 aliphatic carbocycles. The van der Waals surface area contributed by atoms with Crippen LogP contribution in [0, 0.1) is 0 Å². The van der Waals surface area contributed by atoms with Crippen molar-refractivity contribution in [2.45, 2.75) is 0 Å². The Hall–Kier alpha value is -3.79. The molecule has 1 aliphatic rings. The van der Waals surface area contributed by atoms with Crippen LogP contribution in [0.5, 0.6) is 11.5 Å². The van der Waals surface area contributed by atoms with Gasteiger partial charge in [0.05, 0.1) is 30.4 Å². The predicted octanol–water partition coefficient (Wildman–Crippen LogP) is 3.18. The number of hydrogen-bond acceptors (Lipinski definition) is 8. The van der Waals surface area contributed by atoms with E-state index in [9.17, 15) is 14.4 Å². The molecule has 1 aliphatic heterocycles. The summed E-state index contributed by atoms with van der Waals surface area (Å²) in [7, 11) is 4.38. The number of methoxy groups -OCH3 is 2. The van der Waals surface area contributed by atoms with E-state index in [0.29, 0.717) is 32.6 Å². The van der Waals surface area contributed by atoms with Crippen LogP contribution in [0.3, 0.4) is 0 Å². The lowest BCUT2D eigenvalue weighted by molar-refractivity contribution is -0.139. The summed E-state index contributed by atoms with van der Waals surface area (Å²) in [5.74, 6) is -1.11. The van der Waals surface area contributed by atoms with E-state index in [1.165, 1.54) is 30.9 Å². The molecule has 10 heteroatoms. The van der Waals surface area contributed by atoms with Crippen molar-refractivity contribution in [1.82, 2.24) is 4.90 Å². The third-order valence-corrected chi connectivity index (χ3v) is 5.41. The first-order valence-corrected chi connectivity index (χ1v) is 10.1. The molecule has 1 heterocycles. The Bertz CT molecular complexity index is 1110. The second-order valence-corrected chi connectivity index (χ2v) is 7.51. The molecule has 1 saturated heterocycles. The summed E-state index contributed by atoms with van der Waals surface area (Å²) in [5, 5.41) is 9.25. The maximum absolute atomic E-state index is 12.7. The minimum absolute atomic E-state index is 0.217. The van der Waals surface area contributed by atoms with Gasteiger partial charge in [0.15, 0.2) is 23.3 Å². The van der Waals surface area contributed by atoms with Crippen molar-refractivity contribution < 1.29 is 33.7 Å². The first-order valence-electron chi connectivity index (χ1n) is 9.29. The van der Waals surface area contributed by atoms with E-state index in [4.69, 9.17) is 14.6 Å². The number of nitrogens with zero attached hydrogens (tertiary/aromatic N) is 2. The number of carboxylic acids is 1. The summed E-state index contributed by atoms with van der Waals surface area (Å²) < 4.78 is 15.1. The van der Waals surface area contributed by atoms with Crippen LogP contribution in [-0.2, 0) is 14.3 Å². The quantitative estimate of drug-likeness (QED) is 0.499. The van der Waals surface area contributed by atoms with E-state index in [0.717, 1.165) is 0 Å². The van der Waals surface area contributed by atoms with Gasteiger partial charge in [-0.25, -0.2) is 14.6 Å². The highest BCUT2D eigenvalue weighted by atomic mass is 32.2. The number of carbonyl (C=O) groups is 3. The van der Waals surface area contributed by atoms with E-state index >= 15 is 0 Å². The summed E-state index contributed by atoms with van der Waals surface area (Å²) in [4.78, 5) is 41.3. The van der Waals surface area contributed by atoms with Gasteiger partial charge in [-0.3, -0.25) is 9.69 Å². The van der Waals surface area contributed by atoms with Gasteiger partial charge < -0.3 is 19.3 Å². The summed E-state index contributed by atoms with van der Waals surface area (Å²) in [6, 6.07) is 11.5. The third-order valence-electron chi connectivity index (χ3n) is 4.35. The van der Waals surface area contributed by atoms with Crippen molar-refractivity contribution in [3.63, 3.8) is 0 Å². The summed E-state index contributed by atoms with van der Waals surface area (Å²) in [6.45, 7) is -0.490. The van der Waals surface area contributed by atoms with Gasteiger partial charge in [0.25, 0.3) is 5.91 Å². The molecule has 0 aromatic heterocycles. The lowest BCUT2D eigenvalue weighted by Crippen LogP contribution is -2.23. The van der Waals surface area contributed by atoms with E-state index < -0.39 is 18.5 Å². The fourth-order valence-electron chi connectivity index (χ4n) is 2.74. The fraction of sp³-hybridized carbons (Fsp3) is 0.182. The highest BCUT2D eigenvalue weighted by Crippen LogP contribution is 2.35. The Morgan fingerprint density at radius 1 is 1.12 bits per heavy atom. The maximum atomic E-state index is 12.7. The predicted molar refractivity (Wildman–Crippen MR) is 119 cm³/mol. The number of likely N-dealkylation sites (N-methyl/N-ethyl adjacent to an activating group) is 1. The van der Waals surface area contributed by atoms with Crippen LogP contribution in [0.2, 0.25) is 0 Å². The van der Waals surface area contributed by atoms with Gasteiger partial charge in [-0.1, -0.05) is 6.07 Å². The lowest BCUT2D eigenvalue weighted by atomic mass is 10.2. The van der Waals surface area contributed by atoms with Crippen LogP contribution in [0.1, 0.15) is 15.9 Å². The molecule has 2 aromatic rings. The van der Waals surface area contributed by atoms with E-state index in [2.05, 4.69) is 9.73 Å². The summed E-state index contributed by atoms with van der Waals surface area (Å²) in [6.07, 6.45) is 1.69. The SMILES string of the molecule is COC(=O)c1ccc(N=C2SC(=Cc3ccc(OCC(=O)O)c(OC)c3)C(=O)N2C)cc1. The monoisotopic (exact) mass is 456 g/mol. The number of aliphatic imine (C=N–C) groups is 1. The molecular formula is C22H20N2O7S. The minimum atomic E-state index is -1.10. The maximum Gasteiger partial charge on any atom is 0.341 e. The van der Waals surface area contributed by atoms with Gasteiger partial charge in [-0.05, 0) is 59.8 Å². The normalized spacial score (nSPS) is 15.8. The Morgan fingerprint density at radius 2 is 1.84 bits per heavy atom. The molecule has 9 nitrogen and oxygen atoms in total. The van der Waals surface area contributed by atoms with Gasteiger partial charge >= 0.3 is 11.9 Å². The molecule has 0 spiro atoms. The summed E-state index contributed by atoms with van der Waals surface area (Å²) in [5.41, 5.74) is 1.67. The zero-order valence-electron chi connectivity index (χ0n) is 17.5. The Morgan fingerprint density at radius 3 is 2.47 bits per heavy atom. The van der Waals surface area contributed by atoms with Crippen LogP contribution < -0.4 is 9.47 Å². The second kappa shape index (κ2) is 10.0. The number of esters is 1. The zero-order chi connectivity index (χ0) is 23.3. The summed E-state index contributed by atoms with van der Waals surface area (Å²) >= 11 is 1.21. The Kier molecular flexibility index (Phi) is 7.16. The highest BCUT2D eigenvalue weighted by Gasteiger charge is 2.30. The van der Waals surface area contributed by atoms with Gasteiger partial charge in [-0.15, -0.1) is 0 Å². The van der Waals surface area contributed by atoms with Crippen LogP contribution in [0.25, 0.3) is 6.08 Å². The molecular weight excluding hydrogens is 436 g/mol. The largest absolute Gasteiger partial charge is 0.493 e. The number of carbonyl (C=O) groups excluding carboxylic acids is 2. The molecule has 1 fully saturated rings. The third kappa shape index (κ3) is 5.27. The van der Waals surface area contributed by atoms with Gasteiger partial charge in [0, 0.05) is 7.05 Å². The Balaban J connectivity index is 1.81. The van der Waals surface area contributed by atoms with Crippen molar-refractivity contribution in [2.24, 2.45) is 4.99 Å². The molecule has 1 amide bonds. The van der Waals surface area contributed by atoms with Crippen molar-refractivity contribution in [2.75, 3.05) is 27.9 Å². The molecule has 1 N–H and O–H groups in total. The second-order valence-electron chi connectivity index (χ2n) is 6.50. The first kappa shape index (κ1) is 22.9. The van der Waals surface area contributed by atoms with Crippen LogP contribution in [-0.4, -0.2) is 60.9 Å². The number of benzene rings is 2. The van der Waals surface area contributed by atoms with Crippen molar-refractivity contribution in [1.29, 1.82) is 0 Å². The molecule has 0 radical (unpaired) electrons. The Labute approximate surface area is 188 Å². The number of ether oxygens (including phenoxy) is 3. The number of hydrogen-bond donors (Lipinski definition) is 1. The first-order chi connectivity index (χ1) is 15.3. The smallest absolute Gasteiger partial charge is 0.341 e. The van der Waals surface area contributed by atoms with E-state index in [1.807, 2.05) is 0 Å². The molecule has 0 unspecified atom stereocenters. The number of carboxylic acid groups (broad SMARTS) is 1. The lowest BCUT2D eigenvalue weighted by Gasteiger charge is -2.09. The molecule has 2 aromatic carbocycles. The van der Waals surface area contributed by atoms with Crippen LogP contribution in [0.15, 0.2) is 52.4 Å². The molecule has 166 valence electrons.